The van der Waals surface area contributed by atoms with Gasteiger partial charge in [-0.05, 0) is 45.0 Å². The molecule has 1 heterocycles. The Morgan fingerprint density at radius 2 is 1.47 bits per heavy atom. The van der Waals surface area contributed by atoms with Crippen molar-refractivity contribution in [1.82, 2.24) is 9.80 Å². The van der Waals surface area contributed by atoms with Crippen LogP contribution in [0.3, 0.4) is 0 Å². The molecule has 0 aromatic heterocycles. The second-order valence-electron chi connectivity index (χ2n) is 7.48. The Morgan fingerprint density at radius 3 is 1.87 bits per heavy atom. The zero-order chi connectivity index (χ0) is 23.1. The second-order valence-corrected chi connectivity index (χ2v) is 7.48. The molecule has 7 nitrogen and oxygen atoms in total. The number of halogens is 4. The van der Waals surface area contributed by atoms with Gasteiger partial charge in [-0.1, -0.05) is 0 Å². The number of nitrogens with zero attached hydrogens (tertiary/aromatic N) is 2. The fourth-order valence-electron chi connectivity index (χ4n) is 2.35. The molecule has 1 fully saturated rings. The SMILES string of the molecule is CC(C)(C)OC(=O)N1CCN(CC(=O)c2ccc(F)cc2)CC1.O=C(O)C(F)(F)F. The van der Waals surface area contributed by atoms with Crippen LogP contribution in [-0.4, -0.2) is 77.3 Å². The Bertz CT molecular complexity index is 737. The van der Waals surface area contributed by atoms with Crippen LogP contribution >= 0.6 is 0 Å². The molecular weight excluding hydrogens is 412 g/mol. The number of Topliss-reactive ketones (excluding diaryl/α,β-unsaturated/α-hetero) is 1. The molecule has 11 heteroatoms. The summed E-state index contributed by atoms with van der Waals surface area (Å²) in [6.07, 6.45) is -5.40. The number of benzene rings is 1. The van der Waals surface area contributed by atoms with E-state index in [2.05, 4.69) is 0 Å². The number of aliphatic carboxylic acids is 1. The number of alkyl halides is 3. The average molecular weight is 436 g/mol. The molecule has 0 spiro atoms. The molecule has 30 heavy (non-hydrogen) atoms. The largest absolute Gasteiger partial charge is 0.490 e. The number of carbonyl (C=O) groups excluding carboxylic acids is 2. The summed E-state index contributed by atoms with van der Waals surface area (Å²) in [6.45, 7) is 8.08. The van der Waals surface area contributed by atoms with Gasteiger partial charge >= 0.3 is 18.2 Å². The van der Waals surface area contributed by atoms with E-state index in [0.29, 0.717) is 31.7 Å². The molecule has 0 unspecified atom stereocenters. The van der Waals surface area contributed by atoms with Crippen LogP contribution < -0.4 is 0 Å². The molecule has 0 radical (unpaired) electrons. The van der Waals surface area contributed by atoms with Gasteiger partial charge in [0.1, 0.15) is 11.4 Å². The van der Waals surface area contributed by atoms with E-state index in [1.54, 1.807) is 4.90 Å². The first-order valence-corrected chi connectivity index (χ1v) is 8.98. The number of carboxylic acid groups (broad SMARTS) is 1. The van der Waals surface area contributed by atoms with E-state index in [1.165, 1.54) is 24.3 Å². The van der Waals surface area contributed by atoms with Gasteiger partial charge in [-0.3, -0.25) is 9.69 Å². The van der Waals surface area contributed by atoms with Crippen LogP contribution in [0.15, 0.2) is 24.3 Å². The monoisotopic (exact) mass is 436 g/mol. The quantitative estimate of drug-likeness (QED) is 0.579. The number of rotatable bonds is 3. The molecule has 1 saturated heterocycles. The normalized spacial score (nSPS) is 15.1. The van der Waals surface area contributed by atoms with E-state index >= 15 is 0 Å². The van der Waals surface area contributed by atoms with Crippen molar-refractivity contribution in [3.63, 3.8) is 0 Å². The Kier molecular flexibility index (Phi) is 8.76. The molecule has 1 aliphatic heterocycles. The van der Waals surface area contributed by atoms with Crippen LogP contribution in [0.1, 0.15) is 31.1 Å². The summed E-state index contributed by atoms with van der Waals surface area (Å²) >= 11 is 0. The first-order chi connectivity index (χ1) is 13.7. The highest BCUT2D eigenvalue weighted by Gasteiger charge is 2.38. The Hall–Kier alpha value is -2.69. The summed E-state index contributed by atoms with van der Waals surface area (Å²) in [7, 11) is 0. The standard InChI is InChI=1S/C17H23FN2O3.C2HF3O2/c1-17(2,3)23-16(22)20-10-8-19(9-11-20)12-15(21)13-4-6-14(18)7-5-13;3-2(4,5)1(6)7/h4-7H,8-12H2,1-3H3;(H,6,7). The second kappa shape index (κ2) is 10.4. The van der Waals surface area contributed by atoms with Gasteiger partial charge in [0.15, 0.2) is 5.78 Å². The van der Waals surface area contributed by atoms with E-state index in [0.717, 1.165) is 0 Å². The number of hydrogen-bond acceptors (Lipinski definition) is 5. The third-order valence-electron chi connectivity index (χ3n) is 3.80. The van der Waals surface area contributed by atoms with Crippen molar-refractivity contribution in [2.75, 3.05) is 32.7 Å². The van der Waals surface area contributed by atoms with Gasteiger partial charge < -0.3 is 14.7 Å². The summed E-state index contributed by atoms with van der Waals surface area (Å²) in [5.74, 6) is -3.16. The van der Waals surface area contributed by atoms with Crippen molar-refractivity contribution in [2.24, 2.45) is 0 Å². The summed E-state index contributed by atoms with van der Waals surface area (Å²) in [4.78, 5) is 36.7. The number of ketones is 1. The van der Waals surface area contributed by atoms with E-state index in [-0.39, 0.29) is 24.2 Å². The molecular formula is C19H24F4N2O5. The molecule has 0 atom stereocenters. The Morgan fingerprint density at radius 1 is 1.00 bits per heavy atom. The summed E-state index contributed by atoms with van der Waals surface area (Å²) < 4.78 is 49.9. The van der Waals surface area contributed by atoms with Crippen molar-refractivity contribution >= 4 is 17.8 Å². The van der Waals surface area contributed by atoms with Gasteiger partial charge in [-0.25, -0.2) is 14.0 Å². The highest BCUT2D eigenvalue weighted by Crippen LogP contribution is 2.13. The molecule has 0 aliphatic carbocycles. The van der Waals surface area contributed by atoms with Crippen LogP contribution in [0.25, 0.3) is 0 Å². The number of piperazine rings is 1. The fraction of sp³-hybridized carbons (Fsp3) is 0.526. The average Bonchev–Trinajstić information content (AvgIpc) is 2.61. The topological polar surface area (TPSA) is 87.2 Å². The molecule has 1 aromatic carbocycles. The maximum absolute atomic E-state index is 12.9. The highest BCUT2D eigenvalue weighted by molar-refractivity contribution is 5.97. The third-order valence-corrected chi connectivity index (χ3v) is 3.80. The molecule has 1 aliphatic rings. The summed E-state index contributed by atoms with van der Waals surface area (Å²) in [5.41, 5.74) is -0.00628. The van der Waals surface area contributed by atoms with Gasteiger partial charge in [0, 0.05) is 31.7 Å². The molecule has 0 saturated carbocycles. The molecule has 1 aromatic rings. The zero-order valence-electron chi connectivity index (χ0n) is 16.8. The van der Waals surface area contributed by atoms with Crippen LogP contribution in [-0.2, 0) is 9.53 Å². The van der Waals surface area contributed by atoms with Gasteiger partial charge in [0.2, 0.25) is 0 Å². The number of amides is 1. The fourth-order valence-corrected chi connectivity index (χ4v) is 2.35. The van der Waals surface area contributed by atoms with Gasteiger partial charge in [0.05, 0.1) is 6.54 Å². The predicted octanol–water partition coefficient (Wildman–Crippen LogP) is 3.19. The van der Waals surface area contributed by atoms with Gasteiger partial charge in [-0.2, -0.15) is 13.2 Å². The first kappa shape index (κ1) is 25.3. The lowest BCUT2D eigenvalue weighted by molar-refractivity contribution is -0.192. The lowest BCUT2D eigenvalue weighted by Crippen LogP contribution is -2.51. The van der Waals surface area contributed by atoms with Crippen molar-refractivity contribution in [3.8, 4) is 0 Å². The van der Waals surface area contributed by atoms with Crippen LogP contribution in [0.4, 0.5) is 22.4 Å². The number of hydrogen-bond donors (Lipinski definition) is 1. The maximum Gasteiger partial charge on any atom is 0.490 e. The van der Waals surface area contributed by atoms with E-state index < -0.39 is 17.7 Å². The molecule has 168 valence electrons. The van der Waals surface area contributed by atoms with Crippen LogP contribution in [0, 0.1) is 5.82 Å². The minimum Gasteiger partial charge on any atom is -0.475 e. The van der Waals surface area contributed by atoms with Gasteiger partial charge in [-0.15, -0.1) is 0 Å². The molecule has 2 rings (SSSR count). The highest BCUT2D eigenvalue weighted by atomic mass is 19.4. The Balaban J connectivity index is 0.000000553. The van der Waals surface area contributed by atoms with E-state index in [4.69, 9.17) is 14.6 Å². The van der Waals surface area contributed by atoms with Crippen LogP contribution in [0.2, 0.25) is 0 Å². The lowest BCUT2D eigenvalue weighted by Gasteiger charge is -2.35. The van der Waals surface area contributed by atoms with E-state index in [1.807, 2.05) is 25.7 Å². The van der Waals surface area contributed by atoms with Crippen molar-refractivity contribution < 1.29 is 41.8 Å². The Labute approximate surface area is 171 Å². The number of carbonyl (C=O) groups is 3. The lowest BCUT2D eigenvalue weighted by atomic mass is 10.1. The minimum atomic E-state index is -5.08. The summed E-state index contributed by atoms with van der Waals surface area (Å²) in [5, 5.41) is 7.12. The molecule has 1 N–H and O–H groups in total. The summed E-state index contributed by atoms with van der Waals surface area (Å²) in [6, 6.07) is 5.56. The number of ether oxygens (including phenoxy) is 1. The predicted molar refractivity (Wildman–Crippen MR) is 98.7 cm³/mol. The number of carboxylic acids is 1. The maximum atomic E-state index is 12.9. The van der Waals surface area contributed by atoms with E-state index in [9.17, 15) is 27.2 Å². The minimum absolute atomic E-state index is 0.0456. The first-order valence-electron chi connectivity index (χ1n) is 8.98. The molecule has 1 amide bonds. The third kappa shape index (κ3) is 9.21. The van der Waals surface area contributed by atoms with Crippen molar-refractivity contribution in [3.05, 3.63) is 35.6 Å². The smallest absolute Gasteiger partial charge is 0.475 e. The zero-order valence-corrected chi connectivity index (χ0v) is 16.8. The molecule has 0 bridgehead atoms. The van der Waals surface area contributed by atoms with Crippen LogP contribution in [0.5, 0.6) is 0 Å². The van der Waals surface area contributed by atoms with Crippen molar-refractivity contribution in [2.45, 2.75) is 32.5 Å². The van der Waals surface area contributed by atoms with Gasteiger partial charge in [0.25, 0.3) is 0 Å². The van der Waals surface area contributed by atoms with Crippen molar-refractivity contribution in [1.29, 1.82) is 0 Å².